The number of aromatic nitrogens is 2. The van der Waals surface area contributed by atoms with Crippen LogP contribution in [-0.4, -0.2) is 25.2 Å². The Kier molecular flexibility index (Phi) is 3.89. The van der Waals surface area contributed by atoms with Gasteiger partial charge in [0.2, 0.25) is 15.9 Å². The van der Waals surface area contributed by atoms with Gasteiger partial charge in [0.25, 0.3) is 0 Å². The number of hydrogen-bond donors (Lipinski definition) is 2. The highest BCUT2D eigenvalue weighted by Gasteiger charge is 2.23. The first-order valence-electron chi connectivity index (χ1n) is 6.73. The molecule has 0 aliphatic carbocycles. The van der Waals surface area contributed by atoms with Gasteiger partial charge in [0, 0.05) is 0 Å². The molecule has 2 N–H and O–H groups in total. The highest BCUT2D eigenvalue weighted by atomic mass is 32.2. The molecule has 2 heterocycles. The highest BCUT2D eigenvalue weighted by molar-refractivity contribution is 7.91. The van der Waals surface area contributed by atoms with Gasteiger partial charge in [0.1, 0.15) is 0 Å². The van der Waals surface area contributed by atoms with E-state index < -0.39 is 10.0 Å². The van der Waals surface area contributed by atoms with Crippen LogP contribution in [0.15, 0.2) is 34.7 Å². The Morgan fingerprint density at radius 2 is 2.10 bits per heavy atom. The van der Waals surface area contributed by atoms with Crippen molar-refractivity contribution >= 4 is 16.0 Å². The minimum atomic E-state index is -3.56. The summed E-state index contributed by atoms with van der Waals surface area (Å²) >= 11 is 0. The Balaban J connectivity index is 1.68. The SMILES string of the molecule is O=S(=O)(Cc1ccccc1)Nc1nnc(C2CCCN2)o1. The van der Waals surface area contributed by atoms with E-state index in [2.05, 4.69) is 20.2 Å². The third-order valence-corrected chi connectivity index (χ3v) is 4.44. The zero-order valence-electron chi connectivity index (χ0n) is 11.3. The first-order valence-corrected chi connectivity index (χ1v) is 8.39. The average Bonchev–Trinajstić information content (AvgIpc) is 3.09. The van der Waals surface area contributed by atoms with E-state index in [0.717, 1.165) is 19.4 Å². The van der Waals surface area contributed by atoms with E-state index in [1.807, 2.05) is 6.07 Å². The standard InChI is InChI=1S/C13H16N4O3S/c18-21(19,9-10-5-2-1-3-6-10)17-13-16-15-12(20-13)11-7-4-8-14-11/h1-3,5-6,11,14H,4,7-9H2,(H,16,17). The lowest BCUT2D eigenvalue weighted by Crippen LogP contribution is -2.15. The van der Waals surface area contributed by atoms with Crippen LogP contribution in [0.3, 0.4) is 0 Å². The molecule has 0 bridgehead atoms. The average molecular weight is 308 g/mol. The predicted molar refractivity (Wildman–Crippen MR) is 77.0 cm³/mol. The van der Waals surface area contributed by atoms with Crippen molar-refractivity contribution in [1.82, 2.24) is 15.5 Å². The fourth-order valence-electron chi connectivity index (χ4n) is 2.27. The molecule has 112 valence electrons. The molecule has 1 aromatic heterocycles. The first-order chi connectivity index (χ1) is 10.1. The second-order valence-corrected chi connectivity index (χ2v) is 6.66. The van der Waals surface area contributed by atoms with Crippen LogP contribution in [-0.2, 0) is 15.8 Å². The summed E-state index contributed by atoms with van der Waals surface area (Å²) in [5.74, 6) is 0.289. The van der Waals surface area contributed by atoms with Gasteiger partial charge in [-0.25, -0.2) is 13.1 Å². The van der Waals surface area contributed by atoms with Crippen molar-refractivity contribution in [3.05, 3.63) is 41.8 Å². The van der Waals surface area contributed by atoms with Gasteiger partial charge in [0.15, 0.2) is 0 Å². The quantitative estimate of drug-likeness (QED) is 0.867. The zero-order chi connectivity index (χ0) is 14.7. The van der Waals surface area contributed by atoms with E-state index in [1.165, 1.54) is 0 Å². The summed E-state index contributed by atoms with van der Waals surface area (Å²) in [6.07, 6.45) is 1.96. The Bertz CT molecular complexity index is 693. The summed E-state index contributed by atoms with van der Waals surface area (Å²) in [7, 11) is -3.56. The minimum absolute atomic E-state index is 0.0184. The number of nitrogens with zero attached hydrogens (tertiary/aromatic N) is 2. The first kappa shape index (κ1) is 14.0. The van der Waals surface area contributed by atoms with Crippen molar-refractivity contribution < 1.29 is 12.8 Å². The van der Waals surface area contributed by atoms with Crippen molar-refractivity contribution in [2.45, 2.75) is 24.6 Å². The van der Waals surface area contributed by atoms with Crippen LogP contribution in [0.5, 0.6) is 0 Å². The summed E-state index contributed by atoms with van der Waals surface area (Å²) < 4.78 is 31.8. The summed E-state index contributed by atoms with van der Waals surface area (Å²) in [5, 5.41) is 10.8. The molecule has 2 aromatic rings. The molecular formula is C13H16N4O3S. The van der Waals surface area contributed by atoms with Gasteiger partial charge < -0.3 is 9.73 Å². The van der Waals surface area contributed by atoms with E-state index in [0.29, 0.717) is 11.5 Å². The number of rotatable bonds is 5. The second kappa shape index (κ2) is 5.82. The molecule has 8 heteroatoms. The molecule has 1 unspecified atom stereocenters. The van der Waals surface area contributed by atoms with Crippen LogP contribution in [0.2, 0.25) is 0 Å². The van der Waals surface area contributed by atoms with Crippen LogP contribution < -0.4 is 10.0 Å². The molecule has 0 saturated carbocycles. The van der Waals surface area contributed by atoms with E-state index in [4.69, 9.17) is 4.42 Å². The monoisotopic (exact) mass is 308 g/mol. The third-order valence-electron chi connectivity index (χ3n) is 3.24. The number of benzene rings is 1. The van der Waals surface area contributed by atoms with Crippen molar-refractivity contribution in [2.75, 3.05) is 11.3 Å². The highest BCUT2D eigenvalue weighted by Crippen LogP contribution is 2.23. The van der Waals surface area contributed by atoms with Gasteiger partial charge >= 0.3 is 6.01 Å². The van der Waals surface area contributed by atoms with Crippen molar-refractivity contribution in [3.8, 4) is 0 Å². The Labute approximate surface area is 122 Å². The summed E-state index contributed by atoms with van der Waals surface area (Å²) in [5.41, 5.74) is 0.696. The lowest BCUT2D eigenvalue weighted by molar-refractivity contribution is 0.439. The van der Waals surface area contributed by atoms with Crippen LogP contribution in [0.4, 0.5) is 6.01 Å². The molecule has 1 fully saturated rings. The smallest absolute Gasteiger partial charge is 0.329 e. The molecule has 0 spiro atoms. The maximum absolute atomic E-state index is 12.0. The Hall–Kier alpha value is -1.93. The molecule has 0 amide bonds. The number of nitrogens with one attached hydrogen (secondary N) is 2. The van der Waals surface area contributed by atoms with E-state index in [9.17, 15) is 8.42 Å². The number of sulfonamides is 1. The second-order valence-electron chi connectivity index (χ2n) is 4.94. The molecule has 1 aliphatic heterocycles. The summed E-state index contributed by atoms with van der Waals surface area (Å²) in [4.78, 5) is 0. The molecule has 7 nitrogen and oxygen atoms in total. The van der Waals surface area contributed by atoms with Crippen LogP contribution in [0.1, 0.15) is 30.3 Å². The maximum atomic E-state index is 12.0. The van der Waals surface area contributed by atoms with Crippen LogP contribution in [0.25, 0.3) is 0 Å². The molecule has 1 atom stereocenters. The molecule has 1 aliphatic rings. The van der Waals surface area contributed by atoms with Gasteiger partial charge in [-0.3, -0.25) is 0 Å². The Morgan fingerprint density at radius 3 is 2.81 bits per heavy atom. The summed E-state index contributed by atoms with van der Waals surface area (Å²) in [6.45, 7) is 0.905. The molecule has 1 aromatic carbocycles. The molecular weight excluding hydrogens is 292 g/mol. The lowest BCUT2D eigenvalue weighted by atomic mass is 10.2. The molecule has 21 heavy (non-hydrogen) atoms. The van der Waals surface area contributed by atoms with Gasteiger partial charge in [0.05, 0.1) is 11.8 Å². The van der Waals surface area contributed by atoms with Gasteiger partial charge in [-0.15, -0.1) is 5.10 Å². The normalized spacial score (nSPS) is 18.8. The van der Waals surface area contributed by atoms with Crippen LogP contribution >= 0.6 is 0 Å². The maximum Gasteiger partial charge on any atom is 0.329 e. The third kappa shape index (κ3) is 3.59. The molecule has 1 saturated heterocycles. The fraction of sp³-hybridized carbons (Fsp3) is 0.385. The largest absolute Gasteiger partial charge is 0.406 e. The zero-order valence-corrected chi connectivity index (χ0v) is 12.1. The molecule has 3 rings (SSSR count). The van der Waals surface area contributed by atoms with Gasteiger partial charge in [-0.05, 0) is 24.9 Å². The van der Waals surface area contributed by atoms with Gasteiger partial charge in [-0.2, -0.15) is 0 Å². The minimum Gasteiger partial charge on any atom is -0.406 e. The lowest BCUT2D eigenvalue weighted by Gasteiger charge is -2.05. The number of hydrogen-bond acceptors (Lipinski definition) is 6. The molecule has 0 radical (unpaired) electrons. The topological polar surface area (TPSA) is 97.1 Å². The van der Waals surface area contributed by atoms with Gasteiger partial charge in [-0.1, -0.05) is 35.4 Å². The van der Waals surface area contributed by atoms with Crippen molar-refractivity contribution in [1.29, 1.82) is 0 Å². The Morgan fingerprint density at radius 1 is 1.29 bits per heavy atom. The van der Waals surface area contributed by atoms with E-state index in [-0.39, 0.29) is 17.8 Å². The predicted octanol–water partition coefficient (Wildman–Crippen LogP) is 1.44. The number of anilines is 1. The van der Waals surface area contributed by atoms with Crippen molar-refractivity contribution in [3.63, 3.8) is 0 Å². The van der Waals surface area contributed by atoms with Crippen molar-refractivity contribution in [2.24, 2.45) is 0 Å². The van der Waals surface area contributed by atoms with Crippen LogP contribution in [0, 0.1) is 0 Å². The van der Waals surface area contributed by atoms with E-state index >= 15 is 0 Å². The fourth-order valence-corrected chi connectivity index (χ4v) is 3.33. The van der Waals surface area contributed by atoms with E-state index in [1.54, 1.807) is 24.3 Å². The summed E-state index contributed by atoms with van der Waals surface area (Å²) in [6, 6.07) is 8.85.